The Morgan fingerprint density at radius 2 is 1.81 bits per heavy atom. The quantitative estimate of drug-likeness (QED) is 0.859. The molecule has 2 aliphatic rings. The number of imide groups is 1. The molecule has 2 aromatic carbocycles. The zero-order chi connectivity index (χ0) is 18.1. The lowest BCUT2D eigenvalue weighted by molar-refractivity contribution is -0.132. The Morgan fingerprint density at radius 3 is 2.58 bits per heavy atom. The molecule has 0 radical (unpaired) electrons. The van der Waals surface area contributed by atoms with E-state index in [0.29, 0.717) is 18.6 Å². The molecule has 1 heterocycles. The van der Waals surface area contributed by atoms with E-state index in [1.54, 1.807) is 0 Å². The highest BCUT2D eigenvalue weighted by Crippen LogP contribution is 2.33. The van der Waals surface area contributed by atoms with Crippen LogP contribution in [0.15, 0.2) is 48.5 Å². The van der Waals surface area contributed by atoms with Crippen molar-refractivity contribution in [3.63, 3.8) is 0 Å². The number of amides is 3. The van der Waals surface area contributed by atoms with Gasteiger partial charge < -0.3 is 10.1 Å². The van der Waals surface area contributed by atoms with Gasteiger partial charge in [-0.1, -0.05) is 24.3 Å². The van der Waals surface area contributed by atoms with Crippen LogP contribution in [-0.4, -0.2) is 35.5 Å². The van der Waals surface area contributed by atoms with Crippen molar-refractivity contribution in [1.82, 2.24) is 10.2 Å². The highest BCUT2D eigenvalue weighted by atomic mass is 19.1. The number of benzene rings is 2. The van der Waals surface area contributed by atoms with Crippen LogP contribution in [0.2, 0.25) is 0 Å². The second-order valence-electron chi connectivity index (χ2n) is 6.72. The number of rotatable bonds is 4. The molecule has 26 heavy (non-hydrogen) atoms. The fraction of sp³-hybridized carbons (Fsp3) is 0.300. The largest absolute Gasteiger partial charge is 0.492 e. The summed E-state index contributed by atoms with van der Waals surface area (Å²) in [7, 11) is 0. The molecule has 1 atom stereocenters. The van der Waals surface area contributed by atoms with Crippen molar-refractivity contribution >= 4 is 11.9 Å². The van der Waals surface area contributed by atoms with Crippen molar-refractivity contribution in [1.29, 1.82) is 0 Å². The fourth-order valence-electron chi connectivity index (χ4n) is 3.69. The van der Waals surface area contributed by atoms with Gasteiger partial charge in [0, 0.05) is 6.42 Å². The van der Waals surface area contributed by atoms with E-state index in [1.807, 2.05) is 18.2 Å². The van der Waals surface area contributed by atoms with Crippen LogP contribution in [0.5, 0.6) is 5.75 Å². The van der Waals surface area contributed by atoms with E-state index in [-0.39, 0.29) is 30.9 Å². The van der Waals surface area contributed by atoms with Crippen molar-refractivity contribution < 1.29 is 18.7 Å². The first-order chi connectivity index (χ1) is 12.6. The maximum atomic E-state index is 12.9. The maximum absolute atomic E-state index is 12.9. The van der Waals surface area contributed by atoms with Gasteiger partial charge in [0.1, 0.15) is 23.7 Å². The van der Waals surface area contributed by atoms with Crippen LogP contribution in [0.25, 0.3) is 0 Å². The number of carbonyl (C=O) groups is 2. The molecule has 0 saturated carbocycles. The number of nitrogens with zero attached hydrogens (tertiary/aromatic N) is 1. The van der Waals surface area contributed by atoms with Gasteiger partial charge in [-0.05, 0) is 48.2 Å². The third kappa shape index (κ3) is 2.92. The summed E-state index contributed by atoms with van der Waals surface area (Å²) in [6.45, 7) is 0.322. The first kappa shape index (κ1) is 16.6. The van der Waals surface area contributed by atoms with Crippen LogP contribution in [0.3, 0.4) is 0 Å². The third-order valence-electron chi connectivity index (χ3n) is 5.07. The summed E-state index contributed by atoms with van der Waals surface area (Å²) in [4.78, 5) is 26.5. The van der Waals surface area contributed by atoms with Gasteiger partial charge in [0.05, 0.1) is 6.54 Å². The molecule has 6 heteroatoms. The van der Waals surface area contributed by atoms with Crippen LogP contribution in [0, 0.1) is 5.82 Å². The Hall–Kier alpha value is -2.89. The van der Waals surface area contributed by atoms with Gasteiger partial charge in [-0.2, -0.15) is 0 Å². The Kier molecular flexibility index (Phi) is 4.11. The molecule has 1 unspecified atom stereocenters. The lowest BCUT2D eigenvalue weighted by Gasteiger charge is -2.32. The topological polar surface area (TPSA) is 58.6 Å². The Morgan fingerprint density at radius 1 is 1.08 bits per heavy atom. The number of hydrogen-bond acceptors (Lipinski definition) is 3. The number of ether oxygens (including phenoxy) is 1. The Balaban J connectivity index is 1.42. The van der Waals surface area contributed by atoms with E-state index in [2.05, 4.69) is 11.4 Å². The zero-order valence-corrected chi connectivity index (χ0v) is 14.2. The lowest BCUT2D eigenvalue weighted by atomic mass is 9.78. The molecule has 1 spiro atoms. The highest BCUT2D eigenvalue weighted by molar-refractivity contribution is 6.07. The molecule has 4 rings (SSSR count). The van der Waals surface area contributed by atoms with Gasteiger partial charge in [-0.3, -0.25) is 9.69 Å². The van der Waals surface area contributed by atoms with Crippen LogP contribution in [0.4, 0.5) is 9.18 Å². The molecule has 3 amide bonds. The highest BCUT2D eigenvalue weighted by Gasteiger charge is 2.52. The van der Waals surface area contributed by atoms with E-state index in [0.717, 1.165) is 12.0 Å². The van der Waals surface area contributed by atoms with E-state index in [1.165, 1.54) is 34.7 Å². The van der Waals surface area contributed by atoms with Gasteiger partial charge in [0.15, 0.2) is 0 Å². The number of aryl methyl sites for hydroxylation is 1. The second kappa shape index (κ2) is 6.44. The minimum Gasteiger partial charge on any atom is -0.492 e. The van der Waals surface area contributed by atoms with E-state index in [9.17, 15) is 14.0 Å². The molecule has 1 saturated heterocycles. The summed E-state index contributed by atoms with van der Waals surface area (Å²) in [6, 6.07) is 13.3. The van der Waals surface area contributed by atoms with Crippen molar-refractivity contribution in [2.45, 2.75) is 24.8 Å². The first-order valence-electron chi connectivity index (χ1n) is 8.67. The molecule has 2 aromatic rings. The van der Waals surface area contributed by atoms with E-state index in [4.69, 9.17) is 4.74 Å². The maximum Gasteiger partial charge on any atom is 0.325 e. The number of nitrogens with one attached hydrogen (secondary N) is 1. The molecule has 134 valence electrons. The average molecular weight is 354 g/mol. The number of hydrogen-bond donors (Lipinski definition) is 1. The van der Waals surface area contributed by atoms with Gasteiger partial charge in [-0.15, -0.1) is 0 Å². The minimum absolute atomic E-state index is 0.158. The number of carbonyl (C=O) groups excluding carboxylic acids is 2. The predicted octanol–water partition coefficient (Wildman–Crippen LogP) is 2.68. The van der Waals surface area contributed by atoms with Crippen molar-refractivity contribution in [3.8, 4) is 5.75 Å². The average Bonchev–Trinajstić information content (AvgIpc) is 2.87. The molecular weight excluding hydrogens is 335 g/mol. The van der Waals surface area contributed by atoms with Crippen molar-refractivity contribution in [2.75, 3.05) is 13.2 Å². The zero-order valence-electron chi connectivity index (χ0n) is 14.2. The molecule has 0 bridgehead atoms. The van der Waals surface area contributed by atoms with Crippen LogP contribution in [-0.2, 0) is 17.6 Å². The number of urea groups is 1. The summed E-state index contributed by atoms with van der Waals surface area (Å²) in [5, 5.41) is 2.90. The van der Waals surface area contributed by atoms with E-state index < -0.39 is 5.54 Å². The minimum atomic E-state index is -0.846. The molecule has 1 N–H and O–H groups in total. The molecule has 1 aliphatic carbocycles. The van der Waals surface area contributed by atoms with Gasteiger partial charge in [0.25, 0.3) is 5.91 Å². The van der Waals surface area contributed by atoms with Crippen LogP contribution in [0.1, 0.15) is 17.5 Å². The summed E-state index contributed by atoms with van der Waals surface area (Å²) in [5.74, 6) is -0.0366. The standard InChI is InChI=1S/C20H19FN2O3/c21-16-5-7-17(8-6-16)26-12-11-23-18(24)20(22-19(23)25)10-9-14-3-1-2-4-15(14)13-20/h1-8H,9-13H2,(H,22,25). The first-order valence-corrected chi connectivity index (χ1v) is 8.67. The Bertz CT molecular complexity index is 852. The summed E-state index contributed by atoms with van der Waals surface area (Å²) in [6.07, 6.45) is 1.88. The smallest absolute Gasteiger partial charge is 0.325 e. The molecule has 5 nitrogen and oxygen atoms in total. The van der Waals surface area contributed by atoms with Gasteiger partial charge in [-0.25, -0.2) is 9.18 Å². The number of fused-ring (bicyclic) bond motifs is 1. The summed E-state index contributed by atoms with van der Waals surface area (Å²) in [5.41, 5.74) is 1.50. The van der Waals surface area contributed by atoms with Crippen LogP contribution < -0.4 is 10.1 Å². The third-order valence-corrected chi connectivity index (χ3v) is 5.07. The molecule has 1 aliphatic heterocycles. The van der Waals surface area contributed by atoms with Crippen molar-refractivity contribution in [3.05, 3.63) is 65.5 Å². The van der Waals surface area contributed by atoms with E-state index >= 15 is 0 Å². The summed E-state index contributed by atoms with van der Waals surface area (Å²) < 4.78 is 18.4. The normalized spacial score (nSPS) is 21.7. The lowest BCUT2D eigenvalue weighted by Crippen LogP contribution is -2.51. The van der Waals surface area contributed by atoms with Gasteiger partial charge >= 0.3 is 6.03 Å². The molecule has 0 aromatic heterocycles. The summed E-state index contributed by atoms with van der Waals surface area (Å²) >= 11 is 0. The van der Waals surface area contributed by atoms with Crippen LogP contribution >= 0.6 is 0 Å². The monoisotopic (exact) mass is 354 g/mol. The molecular formula is C20H19FN2O3. The molecule has 1 fully saturated rings. The fourth-order valence-corrected chi connectivity index (χ4v) is 3.69. The SMILES string of the molecule is O=C1NC2(CCc3ccccc3C2)C(=O)N1CCOc1ccc(F)cc1. The Labute approximate surface area is 150 Å². The number of halogens is 1. The second-order valence-corrected chi connectivity index (χ2v) is 6.72. The van der Waals surface area contributed by atoms with Gasteiger partial charge in [0.2, 0.25) is 0 Å². The predicted molar refractivity (Wildman–Crippen MR) is 93.3 cm³/mol. The van der Waals surface area contributed by atoms with Crippen molar-refractivity contribution in [2.24, 2.45) is 0 Å².